The third-order valence-electron chi connectivity index (χ3n) is 4.47. The van der Waals surface area contributed by atoms with E-state index in [1.807, 2.05) is 58.0 Å². The smallest absolute Gasteiger partial charge is 0.280 e. The van der Waals surface area contributed by atoms with Gasteiger partial charge in [0.25, 0.3) is 5.56 Å². The molecule has 0 aliphatic rings. The number of aliphatic imine (C=N–C) groups is 1. The van der Waals surface area contributed by atoms with Crippen molar-refractivity contribution in [2.75, 3.05) is 5.73 Å². The summed E-state index contributed by atoms with van der Waals surface area (Å²) >= 11 is 0. The number of nitrogens with one attached hydrogen (secondary N) is 1. The highest BCUT2D eigenvalue weighted by molar-refractivity contribution is 5.83. The van der Waals surface area contributed by atoms with Gasteiger partial charge >= 0.3 is 0 Å². The minimum atomic E-state index is -0.121. The van der Waals surface area contributed by atoms with Gasteiger partial charge in [0.2, 0.25) is 0 Å². The van der Waals surface area contributed by atoms with E-state index in [2.05, 4.69) is 10.1 Å². The Morgan fingerprint density at radius 2 is 1.72 bits per heavy atom. The molecule has 128 valence electrons. The number of hydrogen-bond acceptors (Lipinski definition) is 3. The molecule has 2 aromatic carbocycles. The Kier molecular flexibility index (Phi) is 4.31. The number of hydrogen-bond donors (Lipinski definition) is 2. The van der Waals surface area contributed by atoms with Gasteiger partial charge in [0.1, 0.15) is 0 Å². The molecule has 0 saturated heterocycles. The fraction of sp³-hybridized carbons (Fsp3) is 0.200. The summed E-state index contributed by atoms with van der Waals surface area (Å²) in [6.07, 6.45) is 1.59. The van der Waals surface area contributed by atoms with E-state index in [9.17, 15) is 4.79 Å². The van der Waals surface area contributed by atoms with Crippen LogP contribution in [0.5, 0.6) is 0 Å². The van der Waals surface area contributed by atoms with Gasteiger partial charge in [-0.1, -0.05) is 12.1 Å². The lowest BCUT2D eigenvalue weighted by Gasteiger charge is -2.05. The largest absolute Gasteiger partial charge is 0.398 e. The van der Waals surface area contributed by atoms with Crippen molar-refractivity contribution < 1.29 is 0 Å². The minimum absolute atomic E-state index is 0.121. The molecule has 0 aliphatic carbocycles. The van der Waals surface area contributed by atoms with Crippen molar-refractivity contribution in [1.82, 2.24) is 9.78 Å². The Hall–Kier alpha value is -3.08. The number of nitrogens with zero attached hydrogens (tertiary/aromatic N) is 2. The first-order chi connectivity index (χ1) is 11.9. The van der Waals surface area contributed by atoms with Gasteiger partial charge < -0.3 is 5.73 Å². The third-order valence-corrected chi connectivity index (χ3v) is 4.47. The molecule has 1 heterocycles. The monoisotopic (exact) mass is 334 g/mol. The summed E-state index contributed by atoms with van der Waals surface area (Å²) in [5, 5.41) is 3.12. The van der Waals surface area contributed by atoms with Crippen LogP contribution in [0.15, 0.2) is 46.2 Å². The van der Waals surface area contributed by atoms with E-state index in [4.69, 9.17) is 5.73 Å². The molecule has 3 aromatic rings. The maximum absolute atomic E-state index is 12.7. The van der Waals surface area contributed by atoms with Gasteiger partial charge in [-0.15, -0.1) is 0 Å². The molecule has 0 amide bonds. The summed E-state index contributed by atoms with van der Waals surface area (Å²) in [7, 11) is 0. The normalized spacial score (nSPS) is 11.4. The Bertz CT molecular complexity index is 1020. The molecule has 25 heavy (non-hydrogen) atoms. The Morgan fingerprint density at radius 3 is 2.40 bits per heavy atom. The highest BCUT2D eigenvalue weighted by Gasteiger charge is 2.11. The van der Waals surface area contributed by atoms with Crippen molar-refractivity contribution in [3.8, 4) is 5.69 Å². The second kappa shape index (κ2) is 6.43. The van der Waals surface area contributed by atoms with Gasteiger partial charge in [-0.2, -0.15) is 0 Å². The van der Waals surface area contributed by atoms with Gasteiger partial charge in [0.05, 0.1) is 16.9 Å². The molecular formula is C20H22N4O. The second-order valence-electron chi connectivity index (χ2n) is 6.36. The van der Waals surface area contributed by atoms with Crippen LogP contribution in [0.1, 0.15) is 27.9 Å². The SMILES string of the molecule is Cc1ccc(-n2[nH]c(C)c(C=Nc3ccc(C)c(N)c3)c2=O)cc1C. The van der Waals surface area contributed by atoms with E-state index in [-0.39, 0.29) is 5.56 Å². The van der Waals surface area contributed by atoms with Crippen molar-refractivity contribution in [2.45, 2.75) is 27.7 Å². The number of rotatable bonds is 3. The molecule has 0 unspecified atom stereocenters. The molecule has 0 atom stereocenters. The summed E-state index contributed by atoms with van der Waals surface area (Å²) in [6, 6.07) is 11.5. The van der Waals surface area contributed by atoms with Crippen LogP contribution in [0.25, 0.3) is 5.69 Å². The van der Waals surface area contributed by atoms with Gasteiger partial charge in [-0.3, -0.25) is 14.9 Å². The fourth-order valence-electron chi connectivity index (χ4n) is 2.61. The highest BCUT2D eigenvalue weighted by Crippen LogP contribution is 2.19. The zero-order chi connectivity index (χ0) is 18.1. The van der Waals surface area contributed by atoms with Crippen LogP contribution in [0.2, 0.25) is 0 Å². The van der Waals surface area contributed by atoms with Crippen molar-refractivity contribution in [3.05, 3.63) is 74.7 Å². The van der Waals surface area contributed by atoms with Gasteiger partial charge in [0.15, 0.2) is 0 Å². The van der Waals surface area contributed by atoms with Crippen LogP contribution in [0, 0.1) is 27.7 Å². The number of nitrogen functional groups attached to an aromatic ring is 1. The van der Waals surface area contributed by atoms with Crippen LogP contribution < -0.4 is 11.3 Å². The molecule has 0 fully saturated rings. The number of anilines is 1. The second-order valence-corrected chi connectivity index (χ2v) is 6.36. The van der Waals surface area contributed by atoms with E-state index in [0.717, 1.165) is 28.2 Å². The van der Waals surface area contributed by atoms with Crippen molar-refractivity contribution in [3.63, 3.8) is 0 Å². The van der Waals surface area contributed by atoms with E-state index in [1.54, 1.807) is 17.0 Å². The first-order valence-electron chi connectivity index (χ1n) is 8.16. The number of benzene rings is 2. The number of aromatic nitrogens is 2. The molecule has 3 N–H and O–H groups in total. The van der Waals surface area contributed by atoms with Crippen molar-refractivity contribution >= 4 is 17.6 Å². The molecule has 5 heteroatoms. The Morgan fingerprint density at radius 1 is 1.00 bits per heavy atom. The molecule has 1 aromatic heterocycles. The summed E-state index contributed by atoms with van der Waals surface area (Å²) in [5.41, 5.74) is 12.7. The van der Waals surface area contributed by atoms with E-state index >= 15 is 0 Å². The van der Waals surface area contributed by atoms with Crippen LogP contribution in [0.3, 0.4) is 0 Å². The molecular weight excluding hydrogens is 312 g/mol. The van der Waals surface area contributed by atoms with Crippen molar-refractivity contribution in [1.29, 1.82) is 0 Å². The fourth-order valence-corrected chi connectivity index (χ4v) is 2.61. The zero-order valence-corrected chi connectivity index (χ0v) is 14.9. The summed E-state index contributed by atoms with van der Waals surface area (Å²) in [6.45, 7) is 7.89. The number of aryl methyl sites for hydroxylation is 4. The van der Waals surface area contributed by atoms with Crippen LogP contribution >= 0.6 is 0 Å². The first kappa shape index (κ1) is 16.8. The summed E-state index contributed by atoms with van der Waals surface area (Å²) < 4.78 is 1.55. The lowest BCUT2D eigenvalue weighted by Crippen LogP contribution is -2.17. The molecule has 0 bridgehead atoms. The van der Waals surface area contributed by atoms with E-state index in [1.165, 1.54) is 5.56 Å². The van der Waals surface area contributed by atoms with Crippen molar-refractivity contribution in [2.24, 2.45) is 4.99 Å². The predicted molar refractivity (Wildman–Crippen MR) is 103 cm³/mol. The van der Waals surface area contributed by atoms with E-state index < -0.39 is 0 Å². The maximum Gasteiger partial charge on any atom is 0.280 e. The number of aromatic amines is 1. The number of nitrogens with two attached hydrogens (primary N) is 1. The topological polar surface area (TPSA) is 76.2 Å². The zero-order valence-electron chi connectivity index (χ0n) is 14.9. The average Bonchev–Trinajstić information content (AvgIpc) is 2.86. The van der Waals surface area contributed by atoms with Crippen LogP contribution in [-0.4, -0.2) is 16.0 Å². The summed E-state index contributed by atoms with van der Waals surface area (Å²) in [5.74, 6) is 0. The highest BCUT2D eigenvalue weighted by atomic mass is 16.1. The molecule has 0 aliphatic heterocycles. The van der Waals surface area contributed by atoms with Crippen LogP contribution in [0.4, 0.5) is 11.4 Å². The first-order valence-corrected chi connectivity index (χ1v) is 8.16. The predicted octanol–water partition coefficient (Wildman–Crippen LogP) is 3.73. The number of H-pyrrole nitrogens is 1. The van der Waals surface area contributed by atoms with Gasteiger partial charge in [-0.25, -0.2) is 4.68 Å². The lowest BCUT2D eigenvalue weighted by atomic mass is 10.1. The minimum Gasteiger partial charge on any atom is -0.398 e. The van der Waals surface area contributed by atoms with Gasteiger partial charge in [0, 0.05) is 17.6 Å². The molecule has 0 saturated carbocycles. The molecule has 5 nitrogen and oxygen atoms in total. The standard InChI is InChI=1S/C20H22N4O/c1-12-6-8-17(9-14(12)3)24-20(25)18(15(4)23-24)11-22-16-7-5-13(2)19(21)10-16/h5-11,23H,21H2,1-4H3. The maximum atomic E-state index is 12.7. The quantitative estimate of drug-likeness (QED) is 0.565. The van der Waals surface area contributed by atoms with Crippen LogP contribution in [-0.2, 0) is 0 Å². The lowest BCUT2D eigenvalue weighted by molar-refractivity contribution is 0.833. The van der Waals surface area contributed by atoms with Gasteiger partial charge in [-0.05, 0) is 68.7 Å². The summed E-state index contributed by atoms with van der Waals surface area (Å²) in [4.78, 5) is 17.1. The molecule has 0 radical (unpaired) electrons. The van der Waals surface area contributed by atoms with E-state index in [0.29, 0.717) is 11.3 Å². The average molecular weight is 334 g/mol. The molecule has 0 spiro atoms. The third kappa shape index (κ3) is 3.26. The molecule has 3 rings (SSSR count). The Balaban J connectivity index is 1.99. The Labute approximate surface area is 146 Å².